The highest BCUT2D eigenvalue weighted by Gasteiger charge is 2.30. The maximum Gasteiger partial charge on any atom is 0.207 e. The van der Waals surface area contributed by atoms with Crippen LogP contribution in [0.25, 0.3) is 0 Å². The van der Waals surface area contributed by atoms with E-state index in [2.05, 4.69) is 24.6 Å². The lowest BCUT2D eigenvalue weighted by Gasteiger charge is -2.35. The number of hydrogen-bond acceptors (Lipinski definition) is 3. The lowest BCUT2D eigenvalue weighted by molar-refractivity contribution is -0.123. The molecule has 0 aromatic carbocycles. The van der Waals surface area contributed by atoms with Crippen molar-refractivity contribution in [2.45, 2.75) is 84.1 Å². The first-order valence-electron chi connectivity index (χ1n) is 9.98. The Labute approximate surface area is 148 Å². The molecule has 0 aromatic rings. The Kier molecular flexibility index (Phi) is 11.0. The molecule has 0 spiro atoms. The number of rotatable bonds is 13. The van der Waals surface area contributed by atoms with E-state index in [4.69, 9.17) is 0 Å². The molecule has 4 heteroatoms. The molecule has 0 bridgehead atoms. The molecular formula is C20H38N2O2. The minimum atomic E-state index is 0.172. The van der Waals surface area contributed by atoms with Crippen molar-refractivity contribution in [3.05, 3.63) is 0 Å². The van der Waals surface area contributed by atoms with Crippen LogP contribution in [0.1, 0.15) is 78.1 Å². The van der Waals surface area contributed by atoms with Gasteiger partial charge in [-0.15, -0.1) is 0 Å². The maximum atomic E-state index is 12.2. The Balaban J connectivity index is 2.72. The summed E-state index contributed by atoms with van der Waals surface area (Å²) in [7, 11) is 2.08. The number of nitrogens with one attached hydrogen (secondary N) is 2. The molecule has 24 heavy (non-hydrogen) atoms. The highest BCUT2D eigenvalue weighted by atomic mass is 16.1. The van der Waals surface area contributed by atoms with E-state index in [1.54, 1.807) is 6.92 Å². The molecule has 0 aliphatic heterocycles. The highest BCUT2D eigenvalue weighted by Crippen LogP contribution is 2.34. The smallest absolute Gasteiger partial charge is 0.207 e. The standard InChI is InChI=1S/C20H38N2O2/c1-4-9-19(16(2)24)18(12-8-13-22-15-23)14-20(21-3)17-10-6-5-7-11-17/h15,17-21H,4-14H2,1-3H3,(H,22,23). The quantitative estimate of drug-likeness (QED) is 0.398. The number of amides is 1. The van der Waals surface area contributed by atoms with Crippen molar-refractivity contribution in [3.63, 3.8) is 0 Å². The first-order chi connectivity index (χ1) is 11.6. The third kappa shape index (κ3) is 7.33. The van der Waals surface area contributed by atoms with E-state index in [1.165, 1.54) is 32.1 Å². The summed E-state index contributed by atoms with van der Waals surface area (Å²) < 4.78 is 0. The minimum Gasteiger partial charge on any atom is -0.359 e. The molecule has 1 saturated carbocycles. The van der Waals surface area contributed by atoms with Gasteiger partial charge in [0.15, 0.2) is 0 Å². The Morgan fingerprint density at radius 3 is 2.46 bits per heavy atom. The van der Waals surface area contributed by atoms with Crippen LogP contribution in [-0.4, -0.2) is 31.8 Å². The monoisotopic (exact) mass is 338 g/mol. The van der Waals surface area contributed by atoms with E-state index in [9.17, 15) is 9.59 Å². The van der Waals surface area contributed by atoms with Crippen LogP contribution in [0.2, 0.25) is 0 Å². The lowest BCUT2D eigenvalue weighted by Crippen LogP contribution is -2.39. The number of carbonyl (C=O) groups is 2. The van der Waals surface area contributed by atoms with Crippen LogP contribution >= 0.6 is 0 Å². The number of ketones is 1. The van der Waals surface area contributed by atoms with Gasteiger partial charge in [-0.2, -0.15) is 0 Å². The Morgan fingerprint density at radius 1 is 1.21 bits per heavy atom. The van der Waals surface area contributed by atoms with Crippen molar-refractivity contribution in [3.8, 4) is 0 Å². The van der Waals surface area contributed by atoms with Gasteiger partial charge in [-0.25, -0.2) is 0 Å². The summed E-state index contributed by atoms with van der Waals surface area (Å²) in [6.07, 6.45) is 12.6. The molecule has 140 valence electrons. The molecule has 1 rings (SSSR count). The summed E-state index contributed by atoms with van der Waals surface area (Å²) in [6.45, 7) is 4.63. The summed E-state index contributed by atoms with van der Waals surface area (Å²) >= 11 is 0. The first kappa shape index (κ1) is 21.1. The second-order valence-corrected chi connectivity index (χ2v) is 7.51. The number of Topliss-reactive ketones (excluding diaryl/α,β-unsaturated/α-hetero) is 1. The van der Waals surface area contributed by atoms with E-state index >= 15 is 0 Å². The summed E-state index contributed by atoms with van der Waals surface area (Å²) in [5.41, 5.74) is 0. The van der Waals surface area contributed by atoms with Gasteiger partial charge in [0.25, 0.3) is 0 Å². The van der Waals surface area contributed by atoms with E-state index in [1.807, 2.05) is 0 Å². The fourth-order valence-corrected chi connectivity index (χ4v) is 4.50. The van der Waals surface area contributed by atoms with Crippen LogP contribution in [0.15, 0.2) is 0 Å². The van der Waals surface area contributed by atoms with Gasteiger partial charge in [0.1, 0.15) is 5.78 Å². The fraction of sp³-hybridized carbons (Fsp3) is 0.900. The summed E-state index contributed by atoms with van der Waals surface area (Å²) in [5.74, 6) is 1.69. The molecule has 1 aliphatic carbocycles. The van der Waals surface area contributed by atoms with Gasteiger partial charge in [0, 0.05) is 18.5 Å². The highest BCUT2D eigenvalue weighted by molar-refractivity contribution is 5.78. The summed E-state index contributed by atoms with van der Waals surface area (Å²) in [5, 5.41) is 6.31. The largest absolute Gasteiger partial charge is 0.359 e. The van der Waals surface area contributed by atoms with E-state index in [0.717, 1.165) is 44.4 Å². The normalized spacial score (nSPS) is 19.5. The zero-order valence-corrected chi connectivity index (χ0v) is 16.0. The molecule has 1 aliphatic rings. The zero-order chi connectivity index (χ0) is 17.8. The Hall–Kier alpha value is -0.900. The van der Waals surface area contributed by atoms with Crippen LogP contribution < -0.4 is 10.6 Å². The molecule has 0 heterocycles. The zero-order valence-electron chi connectivity index (χ0n) is 16.0. The molecule has 4 nitrogen and oxygen atoms in total. The van der Waals surface area contributed by atoms with Crippen LogP contribution in [0, 0.1) is 17.8 Å². The molecule has 2 N–H and O–H groups in total. The molecule has 1 amide bonds. The molecule has 1 fully saturated rings. The molecule has 3 atom stereocenters. The van der Waals surface area contributed by atoms with Crippen molar-refractivity contribution in [2.24, 2.45) is 17.8 Å². The van der Waals surface area contributed by atoms with Gasteiger partial charge < -0.3 is 10.6 Å². The van der Waals surface area contributed by atoms with Crippen molar-refractivity contribution >= 4 is 12.2 Å². The van der Waals surface area contributed by atoms with Crippen LogP contribution in [0.3, 0.4) is 0 Å². The van der Waals surface area contributed by atoms with Gasteiger partial charge >= 0.3 is 0 Å². The third-order valence-electron chi connectivity index (χ3n) is 5.82. The summed E-state index contributed by atoms with van der Waals surface area (Å²) in [4.78, 5) is 22.7. The van der Waals surface area contributed by atoms with E-state index < -0.39 is 0 Å². The molecule has 0 radical (unpaired) electrons. The molecular weight excluding hydrogens is 300 g/mol. The van der Waals surface area contributed by atoms with Gasteiger partial charge in [0.05, 0.1) is 0 Å². The average molecular weight is 339 g/mol. The van der Waals surface area contributed by atoms with Crippen molar-refractivity contribution in [1.29, 1.82) is 0 Å². The lowest BCUT2D eigenvalue weighted by atomic mass is 9.74. The van der Waals surface area contributed by atoms with E-state index in [-0.39, 0.29) is 5.92 Å². The fourth-order valence-electron chi connectivity index (χ4n) is 4.50. The topological polar surface area (TPSA) is 58.2 Å². The minimum absolute atomic E-state index is 0.172. The molecule has 3 unspecified atom stereocenters. The maximum absolute atomic E-state index is 12.2. The third-order valence-corrected chi connectivity index (χ3v) is 5.82. The van der Waals surface area contributed by atoms with Crippen molar-refractivity contribution in [1.82, 2.24) is 10.6 Å². The number of carbonyl (C=O) groups excluding carboxylic acids is 2. The number of hydrogen-bond donors (Lipinski definition) is 2. The second kappa shape index (κ2) is 12.5. The Bertz CT molecular complexity index is 354. The van der Waals surface area contributed by atoms with Crippen LogP contribution in [-0.2, 0) is 9.59 Å². The van der Waals surface area contributed by atoms with Crippen molar-refractivity contribution in [2.75, 3.05) is 13.6 Å². The van der Waals surface area contributed by atoms with Gasteiger partial charge in [-0.3, -0.25) is 9.59 Å². The molecule has 0 saturated heterocycles. The van der Waals surface area contributed by atoms with Crippen LogP contribution in [0.5, 0.6) is 0 Å². The molecule has 0 aromatic heterocycles. The predicted octanol–water partition coefficient (Wildman–Crippen LogP) is 3.69. The van der Waals surface area contributed by atoms with Gasteiger partial charge in [-0.1, -0.05) is 32.6 Å². The summed E-state index contributed by atoms with van der Waals surface area (Å²) in [6, 6.07) is 0.521. The first-order valence-corrected chi connectivity index (χ1v) is 9.98. The predicted molar refractivity (Wildman–Crippen MR) is 99.9 cm³/mol. The second-order valence-electron chi connectivity index (χ2n) is 7.51. The average Bonchev–Trinajstić information content (AvgIpc) is 2.60. The van der Waals surface area contributed by atoms with E-state index in [0.29, 0.717) is 24.3 Å². The Morgan fingerprint density at radius 2 is 1.92 bits per heavy atom. The van der Waals surface area contributed by atoms with Gasteiger partial charge in [0.2, 0.25) is 6.41 Å². The SMILES string of the molecule is CCCC(C(C)=O)C(CCCNC=O)CC(NC)C1CCCCC1. The van der Waals surface area contributed by atoms with Gasteiger partial charge in [-0.05, 0) is 64.3 Å². The van der Waals surface area contributed by atoms with Crippen LogP contribution in [0.4, 0.5) is 0 Å². The van der Waals surface area contributed by atoms with Crippen molar-refractivity contribution < 1.29 is 9.59 Å².